The van der Waals surface area contributed by atoms with Crippen molar-refractivity contribution >= 4 is 0 Å². The van der Waals surface area contributed by atoms with E-state index in [4.69, 9.17) is 0 Å². The van der Waals surface area contributed by atoms with E-state index in [-0.39, 0.29) is 0 Å². The third-order valence-electron chi connectivity index (χ3n) is 1.71. The summed E-state index contributed by atoms with van der Waals surface area (Å²) >= 11 is 0. The van der Waals surface area contributed by atoms with Crippen LogP contribution in [0.1, 0.15) is 18.9 Å². The predicted molar refractivity (Wildman–Crippen MR) is 51.9 cm³/mol. The van der Waals surface area contributed by atoms with Gasteiger partial charge in [-0.1, -0.05) is 12.2 Å². The molecule has 2 heteroatoms. The molecule has 1 aromatic heterocycles. The van der Waals surface area contributed by atoms with E-state index >= 15 is 0 Å². The Bertz CT molecular complexity index is 212. The Labute approximate surface area is 73.7 Å². The molecule has 1 heterocycles. The lowest BCUT2D eigenvalue weighted by molar-refractivity contribution is 0.696. The van der Waals surface area contributed by atoms with Crippen molar-refractivity contribution in [3.63, 3.8) is 0 Å². The molecule has 0 aromatic carbocycles. The van der Waals surface area contributed by atoms with Crippen LogP contribution in [-0.4, -0.2) is 11.5 Å². The maximum absolute atomic E-state index is 3.35. The largest absolute Gasteiger partial charge is 0.367 e. The first kappa shape index (κ1) is 9.07. The van der Waals surface area contributed by atoms with Crippen LogP contribution in [0.4, 0.5) is 0 Å². The first-order valence-electron chi connectivity index (χ1n) is 4.37. The number of allylic oxidation sites excluding steroid dienone is 1. The van der Waals surface area contributed by atoms with Gasteiger partial charge in [-0.3, -0.25) is 0 Å². The Morgan fingerprint density at radius 2 is 2.50 bits per heavy atom. The molecule has 2 N–H and O–H groups in total. The van der Waals surface area contributed by atoms with Crippen LogP contribution in [0.15, 0.2) is 30.6 Å². The molecule has 0 spiro atoms. The monoisotopic (exact) mass is 164 g/mol. The van der Waals surface area contributed by atoms with Gasteiger partial charge in [-0.25, -0.2) is 0 Å². The van der Waals surface area contributed by atoms with Gasteiger partial charge < -0.3 is 10.3 Å². The third-order valence-corrected chi connectivity index (χ3v) is 1.71. The fourth-order valence-electron chi connectivity index (χ4n) is 1.05. The third kappa shape index (κ3) is 3.39. The van der Waals surface area contributed by atoms with E-state index in [0.29, 0.717) is 0 Å². The van der Waals surface area contributed by atoms with E-state index in [2.05, 4.69) is 28.5 Å². The molecule has 0 saturated carbocycles. The highest BCUT2D eigenvalue weighted by Crippen LogP contribution is 1.94. The van der Waals surface area contributed by atoms with Gasteiger partial charge in [-0.05, 0) is 31.5 Å². The van der Waals surface area contributed by atoms with E-state index < -0.39 is 0 Å². The van der Waals surface area contributed by atoms with Gasteiger partial charge in [0.1, 0.15) is 0 Å². The lowest BCUT2D eigenvalue weighted by Crippen LogP contribution is -2.13. The number of aromatic amines is 1. The molecule has 0 amide bonds. The summed E-state index contributed by atoms with van der Waals surface area (Å²) in [6.45, 7) is 4.06. The topological polar surface area (TPSA) is 27.8 Å². The second-order valence-corrected chi connectivity index (χ2v) is 2.75. The van der Waals surface area contributed by atoms with Gasteiger partial charge in [-0.15, -0.1) is 0 Å². The SMILES string of the molecule is C/C=C/CCNCc1cc[nH]c1. The standard InChI is InChI=1S/C10H16N2/c1-2-3-4-6-11-8-10-5-7-12-9-10/h2-3,5,7,9,11-12H,4,6,8H2,1H3/b3-2+. The first-order valence-corrected chi connectivity index (χ1v) is 4.37. The molecule has 0 aliphatic rings. The summed E-state index contributed by atoms with van der Waals surface area (Å²) in [5.74, 6) is 0. The summed E-state index contributed by atoms with van der Waals surface area (Å²) in [5.41, 5.74) is 1.32. The number of nitrogens with one attached hydrogen (secondary N) is 2. The predicted octanol–water partition coefficient (Wildman–Crippen LogP) is 2.07. The molecule has 12 heavy (non-hydrogen) atoms. The van der Waals surface area contributed by atoms with Gasteiger partial charge in [0, 0.05) is 18.9 Å². The Morgan fingerprint density at radius 1 is 1.58 bits per heavy atom. The molecule has 0 radical (unpaired) electrons. The minimum atomic E-state index is 0.959. The van der Waals surface area contributed by atoms with E-state index in [1.54, 1.807) is 0 Å². The highest BCUT2D eigenvalue weighted by molar-refractivity contribution is 5.07. The van der Waals surface area contributed by atoms with Gasteiger partial charge in [0.25, 0.3) is 0 Å². The molecule has 0 aliphatic carbocycles. The lowest BCUT2D eigenvalue weighted by atomic mass is 10.3. The molecule has 0 fully saturated rings. The molecule has 0 atom stereocenters. The maximum Gasteiger partial charge on any atom is 0.0220 e. The summed E-state index contributed by atoms with van der Waals surface area (Å²) in [6, 6.07) is 2.09. The number of hydrogen-bond acceptors (Lipinski definition) is 1. The van der Waals surface area contributed by atoms with Crippen molar-refractivity contribution < 1.29 is 0 Å². The second-order valence-electron chi connectivity index (χ2n) is 2.75. The van der Waals surface area contributed by atoms with Crippen LogP contribution in [0.3, 0.4) is 0 Å². The zero-order valence-electron chi connectivity index (χ0n) is 7.51. The Morgan fingerprint density at radius 3 is 3.17 bits per heavy atom. The van der Waals surface area contributed by atoms with E-state index in [9.17, 15) is 0 Å². The van der Waals surface area contributed by atoms with Crippen molar-refractivity contribution in [2.45, 2.75) is 19.9 Å². The minimum Gasteiger partial charge on any atom is -0.367 e. The molecule has 0 unspecified atom stereocenters. The van der Waals surface area contributed by atoms with Crippen molar-refractivity contribution in [1.82, 2.24) is 10.3 Å². The van der Waals surface area contributed by atoms with Gasteiger partial charge in [0.05, 0.1) is 0 Å². The minimum absolute atomic E-state index is 0.959. The van der Waals surface area contributed by atoms with Crippen LogP contribution >= 0.6 is 0 Å². The van der Waals surface area contributed by atoms with Crippen LogP contribution in [0.2, 0.25) is 0 Å². The van der Waals surface area contributed by atoms with Gasteiger partial charge >= 0.3 is 0 Å². The summed E-state index contributed by atoms with van der Waals surface area (Å²) in [6.07, 6.45) is 9.33. The van der Waals surface area contributed by atoms with Crippen LogP contribution in [0.25, 0.3) is 0 Å². The Balaban J connectivity index is 2.03. The average Bonchev–Trinajstić information content (AvgIpc) is 2.57. The molecular formula is C10H16N2. The Hall–Kier alpha value is -1.02. The Kier molecular flexibility index (Phi) is 4.24. The zero-order valence-corrected chi connectivity index (χ0v) is 7.51. The van der Waals surface area contributed by atoms with Crippen LogP contribution < -0.4 is 5.32 Å². The van der Waals surface area contributed by atoms with Crippen LogP contribution in [-0.2, 0) is 6.54 Å². The first-order chi connectivity index (χ1) is 5.93. The fraction of sp³-hybridized carbons (Fsp3) is 0.400. The van der Waals surface area contributed by atoms with Crippen LogP contribution in [0.5, 0.6) is 0 Å². The highest BCUT2D eigenvalue weighted by Gasteiger charge is 1.89. The zero-order chi connectivity index (χ0) is 8.65. The molecule has 66 valence electrons. The molecule has 0 saturated heterocycles. The summed E-state index contributed by atoms with van der Waals surface area (Å²) in [7, 11) is 0. The van der Waals surface area contributed by atoms with Gasteiger partial charge in [-0.2, -0.15) is 0 Å². The molecular weight excluding hydrogens is 148 g/mol. The number of H-pyrrole nitrogens is 1. The van der Waals surface area contributed by atoms with Crippen molar-refractivity contribution in [2.24, 2.45) is 0 Å². The van der Waals surface area contributed by atoms with Crippen LogP contribution in [0, 0.1) is 0 Å². The number of hydrogen-bond donors (Lipinski definition) is 2. The normalized spacial score (nSPS) is 11.1. The lowest BCUT2D eigenvalue weighted by Gasteiger charge is -1.99. The molecule has 2 nitrogen and oxygen atoms in total. The molecule has 0 bridgehead atoms. The number of aromatic nitrogens is 1. The summed E-state index contributed by atoms with van der Waals surface area (Å²) in [4.78, 5) is 3.03. The van der Waals surface area contributed by atoms with E-state index in [0.717, 1.165) is 19.5 Å². The summed E-state index contributed by atoms with van der Waals surface area (Å²) < 4.78 is 0. The van der Waals surface area contributed by atoms with Crippen molar-refractivity contribution in [3.8, 4) is 0 Å². The van der Waals surface area contributed by atoms with Crippen molar-refractivity contribution in [1.29, 1.82) is 0 Å². The van der Waals surface area contributed by atoms with E-state index in [1.807, 2.05) is 19.3 Å². The number of rotatable bonds is 5. The molecule has 1 aromatic rings. The highest BCUT2D eigenvalue weighted by atomic mass is 14.8. The van der Waals surface area contributed by atoms with Gasteiger partial charge in [0.2, 0.25) is 0 Å². The fourth-order valence-corrected chi connectivity index (χ4v) is 1.05. The summed E-state index contributed by atoms with van der Waals surface area (Å²) in [5, 5.41) is 3.35. The molecule has 1 rings (SSSR count). The van der Waals surface area contributed by atoms with Crippen molar-refractivity contribution in [2.75, 3.05) is 6.54 Å². The maximum atomic E-state index is 3.35. The molecule has 0 aliphatic heterocycles. The smallest absolute Gasteiger partial charge is 0.0220 e. The van der Waals surface area contributed by atoms with Crippen molar-refractivity contribution in [3.05, 3.63) is 36.2 Å². The quantitative estimate of drug-likeness (QED) is 0.506. The second kappa shape index (κ2) is 5.61. The van der Waals surface area contributed by atoms with Gasteiger partial charge in [0.15, 0.2) is 0 Å². The van der Waals surface area contributed by atoms with E-state index in [1.165, 1.54) is 5.56 Å². The average molecular weight is 164 g/mol.